The Bertz CT molecular complexity index is 357. The predicted octanol–water partition coefficient (Wildman–Crippen LogP) is 2.30. The van der Waals surface area contributed by atoms with E-state index in [2.05, 4.69) is 18.3 Å². The zero-order chi connectivity index (χ0) is 13.5. The van der Waals surface area contributed by atoms with Gasteiger partial charge in [0.25, 0.3) is 0 Å². The molecular formula is C14H23ClN2O. The SMILES string of the molecule is CCC(NCC(O)CN(C)C)c1cccc(Cl)c1. The lowest BCUT2D eigenvalue weighted by Gasteiger charge is -2.21. The molecule has 4 heteroatoms. The summed E-state index contributed by atoms with van der Waals surface area (Å²) in [5, 5.41) is 14.0. The molecule has 0 saturated heterocycles. The quantitative estimate of drug-likeness (QED) is 0.798. The van der Waals surface area contributed by atoms with Crippen LogP contribution in [0.15, 0.2) is 24.3 Å². The molecule has 2 unspecified atom stereocenters. The van der Waals surface area contributed by atoms with E-state index in [9.17, 15) is 5.11 Å². The summed E-state index contributed by atoms with van der Waals surface area (Å²) in [4.78, 5) is 1.98. The van der Waals surface area contributed by atoms with Crippen LogP contribution in [0.5, 0.6) is 0 Å². The van der Waals surface area contributed by atoms with Gasteiger partial charge in [-0.2, -0.15) is 0 Å². The summed E-state index contributed by atoms with van der Waals surface area (Å²) in [6.45, 7) is 3.37. The van der Waals surface area contributed by atoms with Crippen molar-refractivity contribution in [2.75, 3.05) is 27.2 Å². The number of nitrogens with one attached hydrogen (secondary N) is 1. The van der Waals surface area contributed by atoms with Gasteiger partial charge in [-0.1, -0.05) is 30.7 Å². The monoisotopic (exact) mass is 270 g/mol. The number of halogens is 1. The van der Waals surface area contributed by atoms with Gasteiger partial charge in [0, 0.05) is 24.2 Å². The minimum Gasteiger partial charge on any atom is -0.390 e. The van der Waals surface area contributed by atoms with Crippen LogP contribution in [0.2, 0.25) is 5.02 Å². The van der Waals surface area contributed by atoms with Gasteiger partial charge in [0.15, 0.2) is 0 Å². The Hall–Kier alpha value is -0.610. The third-order valence-electron chi connectivity index (χ3n) is 2.84. The molecule has 1 rings (SSSR count). The van der Waals surface area contributed by atoms with E-state index >= 15 is 0 Å². The van der Waals surface area contributed by atoms with E-state index in [0.717, 1.165) is 11.4 Å². The molecule has 0 bridgehead atoms. The van der Waals surface area contributed by atoms with Crippen LogP contribution in [0.1, 0.15) is 24.9 Å². The number of rotatable bonds is 7. The lowest BCUT2D eigenvalue weighted by molar-refractivity contribution is 0.131. The van der Waals surface area contributed by atoms with Gasteiger partial charge in [0.05, 0.1) is 6.10 Å². The molecule has 18 heavy (non-hydrogen) atoms. The maximum atomic E-state index is 9.84. The molecule has 0 aliphatic carbocycles. The normalized spacial score (nSPS) is 14.8. The molecule has 0 saturated carbocycles. The van der Waals surface area contributed by atoms with E-state index in [1.54, 1.807) is 0 Å². The van der Waals surface area contributed by atoms with Gasteiger partial charge in [0.2, 0.25) is 0 Å². The smallest absolute Gasteiger partial charge is 0.0791 e. The number of aliphatic hydroxyl groups excluding tert-OH is 1. The largest absolute Gasteiger partial charge is 0.390 e. The van der Waals surface area contributed by atoms with Crippen molar-refractivity contribution in [1.29, 1.82) is 0 Å². The fraction of sp³-hybridized carbons (Fsp3) is 0.571. The topological polar surface area (TPSA) is 35.5 Å². The summed E-state index contributed by atoms with van der Waals surface area (Å²) in [5.74, 6) is 0. The molecule has 1 aromatic rings. The molecule has 0 aliphatic rings. The molecule has 0 aliphatic heterocycles. The number of benzene rings is 1. The zero-order valence-corrected chi connectivity index (χ0v) is 12.1. The van der Waals surface area contributed by atoms with Crippen LogP contribution < -0.4 is 5.32 Å². The molecule has 3 nitrogen and oxygen atoms in total. The van der Waals surface area contributed by atoms with Crippen molar-refractivity contribution in [2.45, 2.75) is 25.5 Å². The summed E-state index contributed by atoms with van der Waals surface area (Å²) in [6.07, 6.45) is 0.614. The van der Waals surface area contributed by atoms with E-state index < -0.39 is 0 Å². The minimum absolute atomic E-state index is 0.237. The molecule has 0 spiro atoms. The third kappa shape index (κ3) is 5.36. The highest BCUT2D eigenvalue weighted by molar-refractivity contribution is 6.30. The van der Waals surface area contributed by atoms with Crippen molar-refractivity contribution < 1.29 is 5.11 Å². The highest BCUT2D eigenvalue weighted by Crippen LogP contribution is 2.20. The Morgan fingerprint density at radius 2 is 2.11 bits per heavy atom. The number of likely N-dealkylation sites (N-methyl/N-ethyl adjacent to an activating group) is 1. The van der Waals surface area contributed by atoms with Gasteiger partial charge in [-0.25, -0.2) is 0 Å². The molecule has 0 fully saturated rings. The van der Waals surface area contributed by atoms with Gasteiger partial charge in [-0.05, 0) is 38.2 Å². The Balaban J connectivity index is 2.52. The van der Waals surface area contributed by atoms with E-state index in [1.165, 1.54) is 5.56 Å². The minimum atomic E-state index is -0.353. The molecule has 102 valence electrons. The number of hydrogen-bond donors (Lipinski definition) is 2. The van der Waals surface area contributed by atoms with Crippen LogP contribution >= 0.6 is 11.6 Å². The molecule has 0 radical (unpaired) electrons. The van der Waals surface area contributed by atoms with Crippen LogP contribution in [0.25, 0.3) is 0 Å². The van der Waals surface area contributed by atoms with E-state index in [0.29, 0.717) is 13.1 Å². The second-order valence-electron chi connectivity index (χ2n) is 4.84. The summed E-state index contributed by atoms with van der Waals surface area (Å²) in [7, 11) is 3.91. The summed E-state index contributed by atoms with van der Waals surface area (Å²) in [5.41, 5.74) is 1.17. The molecule has 0 heterocycles. The first-order chi connectivity index (χ1) is 8.52. The van der Waals surface area contributed by atoms with Crippen molar-refractivity contribution in [3.8, 4) is 0 Å². The number of aliphatic hydroxyl groups is 1. The molecule has 0 amide bonds. The molecule has 2 atom stereocenters. The fourth-order valence-corrected chi connectivity index (χ4v) is 2.18. The van der Waals surface area contributed by atoms with Gasteiger partial charge in [0.1, 0.15) is 0 Å². The van der Waals surface area contributed by atoms with Gasteiger partial charge in [-0.15, -0.1) is 0 Å². The molecule has 0 aromatic heterocycles. The number of hydrogen-bond acceptors (Lipinski definition) is 3. The van der Waals surface area contributed by atoms with Crippen LogP contribution in [0.3, 0.4) is 0 Å². The van der Waals surface area contributed by atoms with Crippen LogP contribution in [0.4, 0.5) is 0 Å². The van der Waals surface area contributed by atoms with Crippen molar-refractivity contribution in [3.05, 3.63) is 34.9 Å². The second kappa shape index (κ2) is 7.74. The van der Waals surface area contributed by atoms with Crippen molar-refractivity contribution in [2.24, 2.45) is 0 Å². The van der Waals surface area contributed by atoms with Crippen LogP contribution in [0, 0.1) is 0 Å². The predicted molar refractivity (Wildman–Crippen MR) is 77.0 cm³/mol. The second-order valence-corrected chi connectivity index (χ2v) is 5.28. The summed E-state index contributed by atoms with van der Waals surface area (Å²) >= 11 is 5.99. The van der Waals surface area contributed by atoms with Gasteiger partial charge < -0.3 is 15.3 Å². The lowest BCUT2D eigenvalue weighted by Crippen LogP contribution is -2.36. The highest BCUT2D eigenvalue weighted by atomic mass is 35.5. The standard InChI is InChI=1S/C14H23ClN2O/c1-4-14(11-6-5-7-12(15)8-11)16-9-13(18)10-17(2)3/h5-8,13-14,16,18H,4,9-10H2,1-3H3. The Morgan fingerprint density at radius 3 is 2.67 bits per heavy atom. The van der Waals surface area contributed by atoms with Crippen LogP contribution in [-0.4, -0.2) is 43.3 Å². The Labute approximate surface area is 115 Å². The van der Waals surface area contributed by atoms with Crippen molar-refractivity contribution in [3.63, 3.8) is 0 Å². The van der Waals surface area contributed by atoms with Crippen molar-refractivity contribution in [1.82, 2.24) is 10.2 Å². The Kier molecular flexibility index (Phi) is 6.65. The first kappa shape index (κ1) is 15.4. The first-order valence-electron chi connectivity index (χ1n) is 6.34. The van der Waals surface area contributed by atoms with Gasteiger partial charge in [-0.3, -0.25) is 0 Å². The zero-order valence-electron chi connectivity index (χ0n) is 11.4. The maximum Gasteiger partial charge on any atom is 0.0791 e. The van der Waals surface area contributed by atoms with E-state index in [4.69, 9.17) is 11.6 Å². The maximum absolute atomic E-state index is 9.84. The first-order valence-corrected chi connectivity index (χ1v) is 6.72. The molecule has 1 aromatic carbocycles. The van der Waals surface area contributed by atoms with Crippen molar-refractivity contribution >= 4 is 11.6 Å². The molecular weight excluding hydrogens is 248 g/mol. The van der Waals surface area contributed by atoms with E-state index in [1.807, 2.05) is 37.2 Å². The Morgan fingerprint density at radius 1 is 1.39 bits per heavy atom. The summed E-state index contributed by atoms with van der Waals surface area (Å²) in [6, 6.07) is 8.10. The lowest BCUT2D eigenvalue weighted by atomic mass is 10.0. The highest BCUT2D eigenvalue weighted by Gasteiger charge is 2.12. The molecule has 2 N–H and O–H groups in total. The van der Waals surface area contributed by atoms with E-state index in [-0.39, 0.29) is 12.1 Å². The fourth-order valence-electron chi connectivity index (χ4n) is 1.99. The van der Waals surface area contributed by atoms with Gasteiger partial charge >= 0.3 is 0 Å². The number of nitrogens with zero attached hydrogens (tertiary/aromatic N) is 1. The third-order valence-corrected chi connectivity index (χ3v) is 3.07. The average Bonchev–Trinajstić information content (AvgIpc) is 2.29. The summed E-state index contributed by atoms with van der Waals surface area (Å²) < 4.78 is 0. The average molecular weight is 271 g/mol. The van der Waals surface area contributed by atoms with Crippen LogP contribution in [-0.2, 0) is 0 Å².